The summed E-state index contributed by atoms with van der Waals surface area (Å²) in [4.78, 5) is 0. The molecule has 0 bridgehead atoms. The van der Waals surface area contributed by atoms with Gasteiger partial charge in [0.15, 0.2) is 0 Å². The molecule has 0 heterocycles. The second-order valence-corrected chi connectivity index (χ2v) is 17.0. The highest BCUT2D eigenvalue weighted by molar-refractivity contribution is 6.09. The minimum absolute atomic E-state index is 0.0140. The molecule has 16 nitrogen and oxygen atoms in total. The number of hydrogen-bond acceptors (Lipinski definition) is 16. The van der Waals surface area contributed by atoms with E-state index in [-0.39, 0.29) is 25.4 Å². The summed E-state index contributed by atoms with van der Waals surface area (Å²) < 4.78 is 78.0. The maximum absolute atomic E-state index is 8.67. The number of fused-ring (bicyclic) bond motifs is 2. The largest absolute Gasteiger partial charge is 0.488 e. The van der Waals surface area contributed by atoms with Crippen molar-refractivity contribution in [2.24, 2.45) is 0 Å². The predicted molar refractivity (Wildman–Crippen MR) is 290 cm³/mol. The van der Waals surface area contributed by atoms with Gasteiger partial charge in [-0.05, 0) is 83.9 Å². The smallest absolute Gasteiger partial charge is 0.119 e. The molecule has 0 aliphatic heterocycles. The summed E-state index contributed by atoms with van der Waals surface area (Å²) in [5.74, 6) is 15.3. The first-order valence-corrected chi connectivity index (χ1v) is 26.2. The van der Waals surface area contributed by atoms with Crippen LogP contribution >= 0.6 is 0 Å². The summed E-state index contributed by atoms with van der Waals surface area (Å²) in [5.41, 5.74) is 3.65. The topological polar surface area (TPSA) is 170 Å². The van der Waals surface area contributed by atoms with E-state index in [1.54, 1.807) is 0 Å². The van der Waals surface area contributed by atoms with E-state index in [0.29, 0.717) is 159 Å². The fourth-order valence-electron chi connectivity index (χ4n) is 7.26. The average molecular weight is 1060 g/mol. The Labute approximate surface area is 448 Å². The molecule has 5 aromatic carbocycles. The lowest BCUT2D eigenvalue weighted by Crippen LogP contribution is -2.21. The lowest BCUT2D eigenvalue weighted by atomic mass is 9.92. The molecule has 16 heteroatoms. The first kappa shape index (κ1) is 61.6. The summed E-state index contributed by atoms with van der Waals surface area (Å²) in [6.07, 6.45) is -0.304. The van der Waals surface area contributed by atoms with Crippen LogP contribution in [0.1, 0.15) is 36.1 Å². The van der Waals surface area contributed by atoms with E-state index >= 15 is 0 Å². The fraction of sp³-hybridized carbons (Fsp3) is 0.500. The van der Waals surface area contributed by atoms with Crippen molar-refractivity contribution in [3.05, 3.63) is 119 Å². The van der Waals surface area contributed by atoms with Gasteiger partial charge in [0, 0.05) is 22.3 Å². The first-order valence-electron chi connectivity index (χ1n) is 26.2. The summed E-state index contributed by atoms with van der Waals surface area (Å²) in [6.45, 7) is 15.0. The van der Waals surface area contributed by atoms with Crippen molar-refractivity contribution >= 4 is 21.5 Å². The fourth-order valence-corrected chi connectivity index (χ4v) is 7.26. The highest BCUT2D eigenvalue weighted by Gasteiger charge is 2.12. The summed E-state index contributed by atoms with van der Waals surface area (Å²) in [5, 5.41) is 21.5. The van der Waals surface area contributed by atoms with Gasteiger partial charge in [-0.2, -0.15) is 0 Å². The molecule has 0 aromatic heterocycles. The molecule has 0 saturated heterocycles. The molecule has 2 atom stereocenters. The highest BCUT2D eigenvalue weighted by atomic mass is 16.6. The molecule has 5 aromatic rings. The third kappa shape index (κ3) is 25.7. The average Bonchev–Trinajstić information content (AvgIpc) is 3.49. The Hall–Kier alpha value is -5.22. The molecule has 0 fully saturated rings. The summed E-state index contributed by atoms with van der Waals surface area (Å²) >= 11 is 0. The van der Waals surface area contributed by atoms with E-state index < -0.39 is 0 Å². The van der Waals surface area contributed by atoms with Gasteiger partial charge in [0.1, 0.15) is 23.7 Å². The normalized spacial score (nSPS) is 12.1. The van der Waals surface area contributed by atoms with E-state index in [2.05, 4.69) is 47.9 Å². The quantitative estimate of drug-likeness (QED) is 0.0246. The van der Waals surface area contributed by atoms with Crippen LogP contribution in [0, 0.1) is 23.7 Å². The van der Waals surface area contributed by atoms with Crippen molar-refractivity contribution in [1.82, 2.24) is 0 Å². The Morgan fingerprint density at radius 2 is 0.539 bits per heavy atom. The Bertz CT molecular complexity index is 2190. The van der Waals surface area contributed by atoms with Crippen molar-refractivity contribution in [3.8, 4) is 35.2 Å². The third-order valence-electron chi connectivity index (χ3n) is 10.9. The first-order chi connectivity index (χ1) is 37.6. The van der Waals surface area contributed by atoms with Gasteiger partial charge >= 0.3 is 0 Å². The van der Waals surface area contributed by atoms with Crippen LogP contribution in [-0.2, 0) is 56.8 Å². The van der Waals surface area contributed by atoms with Gasteiger partial charge in [-0.15, -0.1) is 0 Å². The van der Waals surface area contributed by atoms with Crippen molar-refractivity contribution in [1.29, 1.82) is 0 Å². The zero-order valence-electron chi connectivity index (χ0n) is 44.4. The zero-order valence-corrected chi connectivity index (χ0v) is 44.4. The van der Waals surface area contributed by atoms with Gasteiger partial charge in [0.25, 0.3) is 0 Å². The molecule has 0 aliphatic carbocycles. The van der Waals surface area contributed by atoms with E-state index in [0.717, 1.165) is 55.3 Å². The van der Waals surface area contributed by atoms with Crippen molar-refractivity contribution in [3.63, 3.8) is 0 Å². The molecule has 76 heavy (non-hydrogen) atoms. The SMILES string of the molecule is C[C@H](COCCOCCOCCOCCOCCOCCO)Oc1ccc(C#Cc2c3ccccc3c(C#Cc3ccc(O[C@H](C)COCCOCCOCCOCCOCCOCCO)cc3)c3ccccc23)cc1. The van der Waals surface area contributed by atoms with Gasteiger partial charge in [0.2, 0.25) is 0 Å². The molecular weight excluding hydrogens is 977 g/mol. The van der Waals surface area contributed by atoms with Crippen LogP contribution in [0.5, 0.6) is 11.5 Å². The Balaban J connectivity index is 0.977. The third-order valence-corrected chi connectivity index (χ3v) is 10.9. The van der Waals surface area contributed by atoms with E-state index in [1.807, 2.05) is 86.6 Å². The second-order valence-electron chi connectivity index (χ2n) is 17.0. The van der Waals surface area contributed by atoms with Crippen molar-refractivity contribution in [2.75, 3.05) is 172 Å². The monoisotopic (exact) mass is 1050 g/mol. The van der Waals surface area contributed by atoms with Gasteiger partial charge in [-0.1, -0.05) is 72.2 Å². The number of aliphatic hydroxyl groups excluding tert-OH is 2. The molecule has 0 unspecified atom stereocenters. The van der Waals surface area contributed by atoms with Crippen LogP contribution in [0.2, 0.25) is 0 Å². The van der Waals surface area contributed by atoms with E-state index in [9.17, 15) is 0 Å². The van der Waals surface area contributed by atoms with Crippen LogP contribution in [0.4, 0.5) is 0 Å². The van der Waals surface area contributed by atoms with Crippen molar-refractivity contribution in [2.45, 2.75) is 26.1 Å². The highest BCUT2D eigenvalue weighted by Crippen LogP contribution is 2.32. The van der Waals surface area contributed by atoms with Gasteiger partial charge in [-0.25, -0.2) is 0 Å². The predicted octanol–water partition coefficient (Wildman–Crippen LogP) is 6.51. The van der Waals surface area contributed by atoms with Crippen LogP contribution in [-0.4, -0.2) is 194 Å². The van der Waals surface area contributed by atoms with Crippen LogP contribution < -0.4 is 9.47 Å². The maximum Gasteiger partial charge on any atom is 0.119 e. The standard InChI is InChI=1S/C60H78O16/c1-49(47-73-45-43-71-41-39-69-37-35-67-33-31-65-29-27-63-25-23-61)75-53-17-11-51(12-18-53)15-21-59-55-7-3-5-9-57(55)60(58-10-6-4-8-56(58)59)22-16-52-13-19-54(20-14-52)76-50(2)48-74-46-44-72-42-40-70-38-36-68-34-32-66-30-28-64-26-24-62/h3-14,17-20,49-50,61-62H,23-48H2,1-2H3/t49-,50-/m1/s1. The number of rotatable bonds is 42. The van der Waals surface area contributed by atoms with Gasteiger partial charge in [0.05, 0.1) is 172 Å². The van der Waals surface area contributed by atoms with Crippen LogP contribution in [0.3, 0.4) is 0 Å². The number of hydrogen-bond donors (Lipinski definition) is 2. The Morgan fingerprint density at radius 1 is 0.303 bits per heavy atom. The molecule has 0 spiro atoms. The Morgan fingerprint density at radius 3 is 0.789 bits per heavy atom. The van der Waals surface area contributed by atoms with Crippen LogP contribution in [0.15, 0.2) is 97.1 Å². The number of ether oxygens (including phenoxy) is 14. The molecular formula is C60H78O16. The molecule has 0 amide bonds. The lowest BCUT2D eigenvalue weighted by Gasteiger charge is -2.15. The van der Waals surface area contributed by atoms with E-state index in [4.69, 9.17) is 76.5 Å². The van der Waals surface area contributed by atoms with E-state index in [1.165, 1.54) is 0 Å². The summed E-state index contributed by atoms with van der Waals surface area (Å²) in [6, 6.07) is 32.2. The second kappa shape index (κ2) is 40.1. The lowest BCUT2D eigenvalue weighted by molar-refractivity contribution is -0.0217. The Kier molecular flexibility index (Phi) is 32.5. The molecule has 0 aliphatic rings. The summed E-state index contributed by atoms with van der Waals surface area (Å²) in [7, 11) is 0. The number of benzene rings is 5. The maximum atomic E-state index is 8.67. The van der Waals surface area contributed by atoms with Crippen LogP contribution in [0.25, 0.3) is 21.5 Å². The van der Waals surface area contributed by atoms with Crippen molar-refractivity contribution < 1.29 is 76.5 Å². The minimum atomic E-state index is -0.152. The molecule has 414 valence electrons. The molecule has 0 radical (unpaired) electrons. The molecule has 0 saturated carbocycles. The van der Waals surface area contributed by atoms with Gasteiger partial charge < -0.3 is 76.5 Å². The molecule has 2 N–H and O–H groups in total. The number of aliphatic hydroxyl groups is 2. The molecule has 5 rings (SSSR count). The van der Waals surface area contributed by atoms with Gasteiger partial charge in [-0.3, -0.25) is 0 Å². The zero-order chi connectivity index (χ0) is 53.4. The minimum Gasteiger partial charge on any atom is -0.488 e.